The van der Waals surface area contributed by atoms with Gasteiger partial charge in [-0.3, -0.25) is 0 Å². The van der Waals surface area contributed by atoms with Gasteiger partial charge < -0.3 is 4.18 Å². The van der Waals surface area contributed by atoms with Crippen LogP contribution in [0.2, 0.25) is 0 Å². The smallest absolute Gasteiger partial charge is 0.0585 e. The van der Waals surface area contributed by atoms with Gasteiger partial charge in [0.1, 0.15) is 0 Å². The van der Waals surface area contributed by atoms with Gasteiger partial charge in [-0.05, 0) is 25.4 Å². The lowest BCUT2D eigenvalue weighted by atomic mass is 10.1. The summed E-state index contributed by atoms with van der Waals surface area (Å²) < 4.78 is 5.21. The van der Waals surface area contributed by atoms with Gasteiger partial charge in [-0.2, -0.15) is 0 Å². The fourth-order valence-corrected chi connectivity index (χ4v) is 2.04. The molecule has 0 saturated carbocycles. The topological polar surface area (TPSA) is 9.23 Å². The van der Waals surface area contributed by atoms with Crippen LogP contribution in [0.25, 0.3) is 0 Å². The molecule has 0 atom stereocenters. The van der Waals surface area contributed by atoms with E-state index in [2.05, 4.69) is 6.92 Å². The zero-order valence-corrected chi connectivity index (χ0v) is 10.7. The molecule has 0 aromatic heterocycles. The Kier molecular flexibility index (Phi) is 13.6. The predicted molar refractivity (Wildman–Crippen MR) is 66.7 cm³/mol. The standard InChI is InChI=1S/C12H26OS/c1-3-5-6-7-8-9-10-11-12-14-13-4-2/h3-12H2,1-2H3. The van der Waals surface area contributed by atoms with E-state index in [1.165, 1.54) is 57.1 Å². The molecule has 0 radical (unpaired) electrons. The summed E-state index contributed by atoms with van der Waals surface area (Å²) >= 11 is 1.63. The summed E-state index contributed by atoms with van der Waals surface area (Å²) in [6.45, 7) is 5.15. The molecule has 0 aromatic carbocycles. The minimum Gasteiger partial charge on any atom is -0.316 e. The van der Waals surface area contributed by atoms with Crippen LogP contribution in [0.5, 0.6) is 0 Å². The molecule has 0 fully saturated rings. The molecular weight excluding hydrogens is 192 g/mol. The molecule has 0 saturated heterocycles. The summed E-state index contributed by atoms with van der Waals surface area (Å²) in [4.78, 5) is 0. The second-order valence-corrected chi connectivity index (χ2v) is 4.58. The highest BCUT2D eigenvalue weighted by Crippen LogP contribution is 2.11. The van der Waals surface area contributed by atoms with Crippen molar-refractivity contribution in [3.05, 3.63) is 0 Å². The summed E-state index contributed by atoms with van der Waals surface area (Å²) in [5.41, 5.74) is 0. The number of unbranched alkanes of at least 4 members (excludes halogenated alkanes) is 7. The maximum absolute atomic E-state index is 5.21. The Hall–Kier alpha value is 0.310. The van der Waals surface area contributed by atoms with Gasteiger partial charge in [0.05, 0.1) is 6.61 Å². The van der Waals surface area contributed by atoms with Crippen molar-refractivity contribution in [1.82, 2.24) is 0 Å². The monoisotopic (exact) mass is 218 g/mol. The van der Waals surface area contributed by atoms with Gasteiger partial charge in [0.25, 0.3) is 0 Å². The summed E-state index contributed by atoms with van der Waals surface area (Å²) in [6, 6.07) is 0. The normalized spacial score (nSPS) is 10.7. The molecule has 14 heavy (non-hydrogen) atoms. The van der Waals surface area contributed by atoms with E-state index in [0.717, 1.165) is 6.61 Å². The fraction of sp³-hybridized carbons (Fsp3) is 1.00. The van der Waals surface area contributed by atoms with Gasteiger partial charge in [-0.1, -0.05) is 51.9 Å². The molecule has 0 amide bonds. The maximum Gasteiger partial charge on any atom is 0.0585 e. The molecule has 1 nitrogen and oxygen atoms in total. The van der Waals surface area contributed by atoms with Crippen molar-refractivity contribution in [1.29, 1.82) is 0 Å². The van der Waals surface area contributed by atoms with Crippen molar-refractivity contribution in [3.8, 4) is 0 Å². The lowest BCUT2D eigenvalue weighted by molar-refractivity contribution is 0.401. The van der Waals surface area contributed by atoms with Crippen molar-refractivity contribution in [3.63, 3.8) is 0 Å². The molecule has 0 rings (SSSR count). The second kappa shape index (κ2) is 13.3. The Morgan fingerprint density at radius 2 is 1.36 bits per heavy atom. The molecule has 0 aromatic rings. The van der Waals surface area contributed by atoms with Crippen LogP contribution >= 0.6 is 12.0 Å². The van der Waals surface area contributed by atoms with Crippen molar-refractivity contribution in [2.45, 2.75) is 65.2 Å². The van der Waals surface area contributed by atoms with Crippen LogP contribution < -0.4 is 0 Å². The van der Waals surface area contributed by atoms with Gasteiger partial charge in [0.15, 0.2) is 0 Å². The SMILES string of the molecule is CCCCCCCCCCSOCC. The van der Waals surface area contributed by atoms with Crippen LogP contribution in [0.3, 0.4) is 0 Å². The first-order chi connectivity index (χ1) is 6.91. The molecule has 0 spiro atoms. The Bertz CT molecular complexity index is 84.3. The maximum atomic E-state index is 5.21. The summed E-state index contributed by atoms with van der Waals surface area (Å²) in [7, 11) is 0. The first-order valence-electron chi connectivity index (χ1n) is 6.16. The van der Waals surface area contributed by atoms with Crippen LogP contribution in [0.1, 0.15) is 65.2 Å². The third kappa shape index (κ3) is 12.3. The Morgan fingerprint density at radius 1 is 0.786 bits per heavy atom. The number of hydrogen-bond donors (Lipinski definition) is 0. The lowest BCUT2D eigenvalue weighted by Gasteiger charge is -2.01. The average Bonchev–Trinajstić information content (AvgIpc) is 2.21. The summed E-state index contributed by atoms with van der Waals surface area (Å²) in [6.07, 6.45) is 11.2. The zero-order chi connectivity index (χ0) is 10.5. The Labute approximate surface area is 94.2 Å². The first-order valence-corrected chi connectivity index (χ1v) is 7.07. The van der Waals surface area contributed by atoms with E-state index in [1.807, 2.05) is 6.92 Å². The number of rotatable bonds is 11. The lowest BCUT2D eigenvalue weighted by Crippen LogP contribution is -1.85. The minimum absolute atomic E-state index is 0.835. The third-order valence-corrected chi connectivity index (χ3v) is 3.14. The molecule has 0 aliphatic rings. The molecule has 0 bridgehead atoms. The van der Waals surface area contributed by atoms with Crippen molar-refractivity contribution in [2.24, 2.45) is 0 Å². The number of hydrogen-bond acceptors (Lipinski definition) is 2. The van der Waals surface area contributed by atoms with E-state index in [0.29, 0.717) is 0 Å². The molecule has 86 valence electrons. The van der Waals surface area contributed by atoms with E-state index in [4.69, 9.17) is 4.18 Å². The van der Waals surface area contributed by atoms with Gasteiger partial charge in [0.2, 0.25) is 0 Å². The van der Waals surface area contributed by atoms with Crippen molar-refractivity contribution in [2.75, 3.05) is 12.4 Å². The van der Waals surface area contributed by atoms with E-state index in [1.54, 1.807) is 12.0 Å². The highest BCUT2D eigenvalue weighted by Gasteiger charge is 1.92. The molecule has 0 N–H and O–H groups in total. The van der Waals surface area contributed by atoms with E-state index < -0.39 is 0 Å². The van der Waals surface area contributed by atoms with Crippen LogP contribution in [-0.2, 0) is 4.18 Å². The van der Waals surface area contributed by atoms with Crippen molar-refractivity contribution < 1.29 is 4.18 Å². The van der Waals surface area contributed by atoms with Gasteiger partial charge >= 0.3 is 0 Å². The first kappa shape index (κ1) is 14.3. The Balaban J connectivity index is 2.78. The molecule has 0 aliphatic carbocycles. The third-order valence-electron chi connectivity index (χ3n) is 2.28. The Morgan fingerprint density at radius 3 is 1.93 bits per heavy atom. The van der Waals surface area contributed by atoms with Crippen LogP contribution in [-0.4, -0.2) is 12.4 Å². The van der Waals surface area contributed by atoms with Crippen LogP contribution in [0.15, 0.2) is 0 Å². The molecule has 0 heterocycles. The predicted octanol–water partition coefficient (Wildman–Crippen LogP) is 4.81. The van der Waals surface area contributed by atoms with Crippen molar-refractivity contribution >= 4 is 12.0 Å². The zero-order valence-electron chi connectivity index (χ0n) is 9.89. The van der Waals surface area contributed by atoms with E-state index in [-0.39, 0.29) is 0 Å². The summed E-state index contributed by atoms with van der Waals surface area (Å²) in [5.74, 6) is 1.17. The molecule has 0 aliphatic heterocycles. The van der Waals surface area contributed by atoms with Gasteiger partial charge in [-0.15, -0.1) is 0 Å². The largest absolute Gasteiger partial charge is 0.316 e. The van der Waals surface area contributed by atoms with E-state index >= 15 is 0 Å². The quantitative estimate of drug-likeness (QED) is 0.363. The second-order valence-electron chi connectivity index (χ2n) is 3.70. The highest BCUT2D eigenvalue weighted by molar-refractivity contribution is 7.94. The van der Waals surface area contributed by atoms with Gasteiger partial charge in [0, 0.05) is 5.75 Å². The van der Waals surface area contributed by atoms with E-state index in [9.17, 15) is 0 Å². The highest BCUT2D eigenvalue weighted by atomic mass is 32.2. The van der Waals surface area contributed by atoms with Gasteiger partial charge in [-0.25, -0.2) is 0 Å². The minimum atomic E-state index is 0.835. The van der Waals surface area contributed by atoms with Crippen LogP contribution in [0, 0.1) is 0 Å². The molecule has 2 heteroatoms. The van der Waals surface area contributed by atoms with Crippen LogP contribution in [0.4, 0.5) is 0 Å². The summed E-state index contributed by atoms with van der Waals surface area (Å²) in [5, 5.41) is 0. The fourth-order valence-electron chi connectivity index (χ4n) is 1.44. The molecular formula is C12H26OS. The molecule has 0 unspecified atom stereocenters. The average molecular weight is 218 g/mol.